The fourth-order valence-corrected chi connectivity index (χ4v) is 1.18. The first kappa shape index (κ1) is 9.64. The van der Waals surface area contributed by atoms with Crippen LogP contribution in [0.5, 0.6) is 6.01 Å². The number of aryl methyl sites for hydroxylation is 2. The molecule has 0 unspecified atom stereocenters. The third-order valence-electron chi connectivity index (χ3n) is 1.87. The molecular weight excluding hydrogens is 168 g/mol. The topological polar surface area (TPSA) is 52.1 Å². The van der Waals surface area contributed by atoms with E-state index in [-0.39, 0.29) is 0 Å². The second kappa shape index (κ2) is 3.98. The van der Waals surface area contributed by atoms with Crippen LogP contribution in [-0.4, -0.2) is 23.4 Å². The standard InChI is InChI=1S/C9H12N2O2/c1-6-8(4-5-12)7(2)11-9(10-6)13-3/h5H,4H2,1-3H3. The summed E-state index contributed by atoms with van der Waals surface area (Å²) in [6.07, 6.45) is 1.22. The van der Waals surface area contributed by atoms with Crippen LogP contribution in [0.2, 0.25) is 0 Å². The molecule has 0 spiro atoms. The Morgan fingerprint density at radius 2 is 1.85 bits per heavy atom. The lowest BCUT2D eigenvalue weighted by atomic mass is 10.1. The van der Waals surface area contributed by atoms with Crippen molar-refractivity contribution in [3.63, 3.8) is 0 Å². The highest BCUT2D eigenvalue weighted by Gasteiger charge is 2.07. The van der Waals surface area contributed by atoms with E-state index in [2.05, 4.69) is 9.97 Å². The summed E-state index contributed by atoms with van der Waals surface area (Å²) >= 11 is 0. The van der Waals surface area contributed by atoms with E-state index >= 15 is 0 Å². The third kappa shape index (κ3) is 2.02. The van der Waals surface area contributed by atoms with Crippen LogP contribution in [0.3, 0.4) is 0 Å². The van der Waals surface area contributed by atoms with Gasteiger partial charge in [0.1, 0.15) is 6.29 Å². The Labute approximate surface area is 77.0 Å². The van der Waals surface area contributed by atoms with Gasteiger partial charge >= 0.3 is 6.01 Å². The van der Waals surface area contributed by atoms with Crippen molar-refractivity contribution in [2.24, 2.45) is 0 Å². The highest BCUT2D eigenvalue weighted by Crippen LogP contribution is 2.13. The first-order chi connectivity index (χ1) is 6.19. The number of hydrogen-bond donors (Lipinski definition) is 0. The van der Waals surface area contributed by atoms with Crippen molar-refractivity contribution in [3.8, 4) is 6.01 Å². The molecule has 0 N–H and O–H groups in total. The Balaban J connectivity index is 3.14. The number of nitrogens with zero attached hydrogens (tertiary/aromatic N) is 2. The van der Waals surface area contributed by atoms with Crippen LogP contribution in [-0.2, 0) is 11.2 Å². The average molecular weight is 180 g/mol. The van der Waals surface area contributed by atoms with Crippen molar-refractivity contribution >= 4 is 6.29 Å². The molecule has 0 aliphatic carbocycles. The summed E-state index contributed by atoms with van der Waals surface area (Å²) in [6.45, 7) is 3.69. The van der Waals surface area contributed by atoms with Gasteiger partial charge in [-0.05, 0) is 13.8 Å². The quantitative estimate of drug-likeness (QED) is 0.647. The molecule has 0 bridgehead atoms. The van der Waals surface area contributed by atoms with Crippen LogP contribution in [0.25, 0.3) is 0 Å². The molecule has 0 radical (unpaired) electrons. The summed E-state index contributed by atoms with van der Waals surface area (Å²) in [4.78, 5) is 18.5. The van der Waals surface area contributed by atoms with Gasteiger partial charge in [0, 0.05) is 23.4 Å². The van der Waals surface area contributed by atoms with E-state index in [9.17, 15) is 4.79 Å². The highest BCUT2D eigenvalue weighted by atomic mass is 16.5. The number of carbonyl (C=O) groups is 1. The SMILES string of the molecule is COc1nc(C)c(CC=O)c(C)n1. The maximum Gasteiger partial charge on any atom is 0.316 e. The van der Waals surface area contributed by atoms with Gasteiger partial charge in [-0.1, -0.05) is 0 Å². The molecule has 0 atom stereocenters. The number of rotatable bonds is 3. The molecule has 0 saturated carbocycles. The van der Waals surface area contributed by atoms with Crippen LogP contribution in [0.4, 0.5) is 0 Å². The summed E-state index contributed by atoms with van der Waals surface area (Å²) in [5.41, 5.74) is 2.49. The first-order valence-corrected chi connectivity index (χ1v) is 4.00. The molecule has 1 rings (SSSR count). The highest BCUT2D eigenvalue weighted by molar-refractivity contribution is 5.56. The second-order valence-corrected chi connectivity index (χ2v) is 2.73. The Morgan fingerprint density at radius 1 is 1.31 bits per heavy atom. The van der Waals surface area contributed by atoms with Crippen LogP contribution < -0.4 is 4.74 Å². The zero-order valence-electron chi connectivity index (χ0n) is 8.00. The monoisotopic (exact) mass is 180 g/mol. The fourth-order valence-electron chi connectivity index (χ4n) is 1.18. The molecule has 0 aromatic carbocycles. The summed E-state index contributed by atoms with van der Waals surface area (Å²) in [5, 5.41) is 0. The summed E-state index contributed by atoms with van der Waals surface area (Å²) in [6, 6.07) is 0.352. The lowest BCUT2D eigenvalue weighted by molar-refractivity contribution is -0.107. The summed E-state index contributed by atoms with van der Waals surface area (Å²) in [7, 11) is 1.52. The maximum absolute atomic E-state index is 10.3. The molecule has 0 aliphatic rings. The van der Waals surface area contributed by atoms with Gasteiger partial charge in [0.2, 0.25) is 0 Å². The lowest BCUT2D eigenvalue weighted by Gasteiger charge is -2.06. The van der Waals surface area contributed by atoms with Gasteiger partial charge in [0.05, 0.1) is 7.11 Å². The molecule has 4 heteroatoms. The molecule has 1 aromatic heterocycles. The second-order valence-electron chi connectivity index (χ2n) is 2.73. The van der Waals surface area contributed by atoms with E-state index in [0.29, 0.717) is 12.4 Å². The normalized spacial score (nSPS) is 9.77. The van der Waals surface area contributed by atoms with Gasteiger partial charge in [0.15, 0.2) is 0 Å². The van der Waals surface area contributed by atoms with Crippen molar-refractivity contribution in [2.45, 2.75) is 20.3 Å². The number of methoxy groups -OCH3 is 1. The van der Waals surface area contributed by atoms with E-state index in [0.717, 1.165) is 23.2 Å². The fraction of sp³-hybridized carbons (Fsp3) is 0.444. The van der Waals surface area contributed by atoms with Gasteiger partial charge in [-0.25, -0.2) is 9.97 Å². The minimum Gasteiger partial charge on any atom is -0.467 e. The molecule has 13 heavy (non-hydrogen) atoms. The molecule has 0 saturated heterocycles. The molecule has 0 amide bonds. The Morgan fingerprint density at radius 3 is 2.23 bits per heavy atom. The van der Waals surface area contributed by atoms with Crippen molar-refractivity contribution in [2.75, 3.05) is 7.11 Å². The number of aromatic nitrogens is 2. The number of carbonyl (C=O) groups excluding carboxylic acids is 1. The van der Waals surface area contributed by atoms with Crippen molar-refractivity contribution in [1.82, 2.24) is 9.97 Å². The van der Waals surface area contributed by atoms with E-state index in [1.54, 1.807) is 0 Å². The Hall–Kier alpha value is -1.45. The summed E-state index contributed by atoms with van der Waals surface area (Å²) < 4.78 is 4.90. The van der Waals surface area contributed by atoms with E-state index in [4.69, 9.17) is 4.74 Å². The van der Waals surface area contributed by atoms with E-state index in [1.165, 1.54) is 7.11 Å². The first-order valence-electron chi connectivity index (χ1n) is 4.00. The van der Waals surface area contributed by atoms with Crippen LogP contribution >= 0.6 is 0 Å². The van der Waals surface area contributed by atoms with Gasteiger partial charge in [0.25, 0.3) is 0 Å². The van der Waals surface area contributed by atoms with E-state index in [1.807, 2.05) is 13.8 Å². The van der Waals surface area contributed by atoms with Crippen molar-refractivity contribution in [3.05, 3.63) is 17.0 Å². The zero-order valence-corrected chi connectivity index (χ0v) is 8.00. The molecule has 1 aromatic rings. The Bertz CT molecular complexity index is 300. The Kier molecular flexibility index (Phi) is 2.95. The average Bonchev–Trinajstić information content (AvgIpc) is 2.11. The minimum absolute atomic E-state index is 0.352. The molecule has 0 fully saturated rings. The van der Waals surface area contributed by atoms with Gasteiger partial charge < -0.3 is 9.53 Å². The summed E-state index contributed by atoms with van der Waals surface area (Å²) in [5.74, 6) is 0. The van der Waals surface area contributed by atoms with Gasteiger partial charge in [-0.3, -0.25) is 0 Å². The number of aldehydes is 1. The predicted octanol–water partition coefficient (Wildman–Crippen LogP) is 0.843. The molecular formula is C9H12N2O2. The van der Waals surface area contributed by atoms with Crippen LogP contribution in [0.15, 0.2) is 0 Å². The van der Waals surface area contributed by atoms with Crippen LogP contribution in [0.1, 0.15) is 17.0 Å². The van der Waals surface area contributed by atoms with Crippen molar-refractivity contribution in [1.29, 1.82) is 0 Å². The predicted molar refractivity (Wildman–Crippen MR) is 47.8 cm³/mol. The smallest absolute Gasteiger partial charge is 0.316 e. The van der Waals surface area contributed by atoms with Crippen molar-refractivity contribution < 1.29 is 9.53 Å². The number of ether oxygens (including phenoxy) is 1. The zero-order chi connectivity index (χ0) is 9.84. The van der Waals surface area contributed by atoms with Crippen LogP contribution in [0, 0.1) is 13.8 Å². The van der Waals surface area contributed by atoms with Gasteiger partial charge in [-0.15, -0.1) is 0 Å². The largest absolute Gasteiger partial charge is 0.467 e. The molecule has 1 heterocycles. The third-order valence-corrected chi connectivity index (χ3v) is 1.87. The minimum atomic E-state index is 0.352. The number of hydrogen-bond acceptors (Lipinski definition) is 4. The van der Waals surface area contributed by atoms with E-state index < -0.39 is 0 Å². The molecule has 0 aliphatic heterocycles. The molecule has 70 valence electrons. The van der Waals surface area contributed by atoms with Gasteiger partial charge in [-0.2, -0.15) is 0 Å². The molecule has 4 nitrogen and oxygen atoms in total. The lowest BCUT2D eigenvalue weighted by Crippen LogP contribution is -2.03. The maximum atomic E-state index is 10.3.